The van der Waals surface area contributed by atoms with Crippen LogP contribution in [0.1, 0.15) is 26.7 Å². The average molecular weight is 214 g/mol. The zero-order chi connectivity index (χ0) is 11.5. The lowest BCUT2D eigenvalue weighted by Gasteiger charge is -2.21. The second kappa shape index (κ2) is 9.52. The molecular formula is C11H22N2O2. The van der Waals surface area contributed by atoms with E-state index in [9.17, 15) is 4.79 Å². The van der Waals surface area contributed by atoms with Gasteiger partial charge in [0.05, 0.1) is 6.61 Å². The Morgan fingerprint density at radius 3 is 2.73 bits per heavy atom. The zero-order valence-corrected chi connectivity index (χ0v) is 9.70. The summed E-state index contributed by atoms with van der Waals surface area (Å²) in [6, 6.07) is -0.0876. The second-order valence-corrected chi connectivity index (χ2v) is 3.30. The molecule has 0 radical (unpaired) electrons. The standard InChI is InChI=1S/C11H22N2O2/c1-3-5-6-7-12-11(15)13(8-4-2)9-10-14/h3,5,14H,4,6-10H2,1-2H3,(H,12,15). The SMILES string of the molecule is CC=CCCNC(=O)N(CCC)CCO. The Kier molecular flexibility index (Phi) is 8.87. The highest BCUT2D eigenvalue weighted by Crippen LogP contribution is 1.92. The largest absolute Gasteiger partial charge is 0.395 e. The average Bonchev–Trinajstić information content (AvgIpc) is 2.24. The normalized spacial score (nSPS) is 10.6. The first-order valence-electron chi connectivity index (χ1n) is 5.51. The molecule has 4 heteroatoms. The predicted molar refractivity (Wildman–Crippen MR) is 61.8 cm³/mol. The number of allylic oxidation sites excluding steroid dienone is 1. The summed E-state index contributed by atoms with van der Waals surface area (Å²) >= 11 is 0. The highest BCUT2D eigenvalue weighted by Gasteiger charge is 2.09. The lowest BCUT2D eigenvalue weighted by Crippen LogP contribution is -2.42. The van der Waals surface area contributed by atoms with Gasteiger partial charge in [0.1, 0.15) is 0 Å². The molecule has 0 saturated heterocycles. The minimum Gasteiger partial charge on any atom is -0.395 e. The predicted octanol–water partition coefficient (Wildman–Crippen LogP) is 1.37. The van der Waals surface area contributed by atoms with Gasteiger partial charge in [-0.3, -0.25) is 0 Å². The highest BCUT2D eigenvalue weighted by molar-refractivity contribution is 5.74. The van der Waals surface area contributed by atoms with Gasteiger partial charge in [0.2, 0.25) is 0 Å². The molecule has 0 aromatic heterocycles. The number of carbonyl (C=O) groups excluding carboxylic acids is 1. The highest BCUT2D eigenvalue weighted by atomic mass is 16.3. The minimum absolute atomic E-state index is 0.0162. The summed E-state index contributed by atoms with van der Waals surface area (Å²) in [5, 5.41) is 11.6. The molecule has 88 valence electrons. The summed E-state index contributed by atoms with van der Waals surface area (Å²) in [6.07, 6.45) is 5.73. The molecule has 0 atom stereocenters. The van der Waals surface area contributed by atoms with Crippen LogP contribution in [0.15, 0.2) is 12.2 Å². The summed E-state index contributed by atoms with van der Waals surface area (Å²) < 4.78 is 0. The van der Waals surface area contributed by atoms with Crippen LogP contribution in [-0.2, 0) is 0 Å². The lowest BCUT2D eigenvalue weighted by atomic mass is 10.4. The van der Waals surface area contributed by atoms with E-state index in [1.54, 1.807) is 4.90 Å². The third kappa shape index (κ3) is 6.96. The van der Waals surface area contributed by atoms with Crippen LogP contribution < -0.4 is 5.32 Å². The van der Waals surface area contributed by atoms with Gasteiger partial charge in [-0.05, 0) is 19.8 Å². The summed E-state index contributed by atoms with van der Waals surface area (Å²) in [7, 11) is 0. The molecule has 0 saturated carbocycles. The van der Waals surface area contributed by atoms with Crippen LogP contribution in [0.3, 0.4) is 0 Å². The number of nitrogens with zero attached hydrogens (tertiary/aromatic N) is 1. The van der Waals surface area contributed by atoms with Gasteiger partial charge in [0.15, 0.2) is 0 Å². The van der Waals surface area contributed by atoms with Gasteiger partial charge in [-0.2, -0.15) is 0 Å². The van der Waals surface area contributed by atoms with Crippen molar-refractivity contribution in [2.45, 2.75) is 26.7 Å². The van der Waals surface area contributed by atoms with Crippen LogP contribution in [0, 0.1) is 0 Å². The Hall–Kier alpha value is -1.03. The molecule has 15 heavy (non-hydrogen) atoms. The second-order valence-electron chi connectivity index (χ2n) is 3.30. The smallest absolute Gasteiger partial charge is 0.317 e. The number of rotatable bonds is 7. The van der Waals surface area contributed by atoms with Crippen molar-refractivity contribution in [2.24, 2.45) is 0 Å². The van der Waals surface area contributed by atoms with Crippen molar-refractivity contribution < 1.29 is 9.90 Å². The van der Waals surface area contributed by atoms with Crippen LogP contribution in [0.4, 0.5) is 4.79 Å². The van der Waals surface area contributed by atoms with Crippen LogP contribution in [-0.4, -0.2) is 42.3 Å². The Morgan fingerprint density at radius 1 is 1.47 bits per heavy atom. The summed E-state index contributed by atoms with van der Waals surface area (Å²) in [5.41, 5.74) is 0. The molecule has 0 unspecified atom stereocenters. The van der Waals surface area contributed by atoms with Crippen LogP contribution in [0.25, 0.3) is 0 Å². The van der Waals surface area contributed by atoms with Gasteiger partial charge in [-0.25, -0.2) is 4.79 Å². The number of carbonyl (C=O) groups is 1. The molecule has 0 bridgehead atoms. The number of aliphatic hydroxyl groups excluding tert-OH is 1. The molecule has 0 fully saturated rings. The number of aliphatic hydroxyl groups is 1. The maximum Gasteiger partial charge on any atom is 0.317 e. The monoisotopic (exact) mass is 214 g/mol. The molecule has 0 aliphatic heterocycles. The van der Waals surface area contributed by atoms with Crippen molar-refractivity contribution >= 4 is 6.03 Å². The fourth-order valence-corrected chi connectivity index (χ4v) is 1.25. The fraction of sp³-hybridized carbons (Fsp3) is 0.727. The Balaban J connectivity index is 3.80. The molecule has 0 aromatic rings. The Bertz CT molecular complexity index is 187. The van der Waals surface area contributed by atoms with E-state index >= 15 is 0 Å². The molecule has 2 N–H and O–H groups in total. The van der Waals surface area contributed by atoms with E-state index in [-0.39, 0.29) is 12.6 Å². The van der Waals surface area contributed by atoms with Gasteiger partial charge in [0.25, 0.3) is 0 Å². The number of amides is 2. The molecule has 0 aliphatic carbocycles. The van der Waals surface area contributed by atoms with Crippen LogP contribution >= 0.6 is 0 Å². The van der Waals surface area contributed by atoms with Crippen molar-refractivity contribution in [1.82, 2.24) is 10.2 Å². The minimum atomic E-state index is -0.0876. The number of nitrogens with one attached hydrogen (secondary N) is 1. The fourth-order valence-electron chi connectivity index (χ4n) is 1.25. The van der Waals surface area contributed by atoms with E-state index in [0.29, 0.717) is 19.6 Å². The first-order chi connectivity index (χ1) is 7.26. The quantitative estimate of drug-likeness (QED) is 0.497. The molecule has 0 heterocycles. The van der Waals surface area contributed by atoms with Gasteiger partial charge in [0, 0.05) is 19.6 Å². The van der Waals surface area contributed by atoms with Gasteiger partial charge < -0.3 is 15.3 Å². The topological polar surface area (TPSA) is 52.6 Å². The van der Waals surface area contributed by atoms with E-state index in [4.69, 9.17) is 5.11 Å². The number of hydrogen-bond acceptors (Lipinski definition) is 2. The first-order valence-corrected chi connectivity index (χ1v) is 5.51. The van der Waals surface area contributed by atoms with E-state index in [1.807, 2.05) is 26.0 Å². The molecule has 4 nitrogen and oxygen atoms in total. The maximum absolute atomic E-state index is 11.6. The van der Waals surface area contributed by atoms with E-state index in [2.05, 4.69) is 5.32 Å². The van der Waals surface area contributed by atoms with Crippen molar-refractivity contribution in [3.05, 3.63) is 12.2 Å². The summed E-state index contributed by atoms with van der Waals surface area (Å²) in [5.74, 6) is 0. The molecule has 0 rings (SSSR count). The van der Waals surface area contributed by atoms with E-state index in [1.165, 1.54) is 0 Å². The van der Waals surface area contributed by atoms with Gasteiger partial charge in [-0.15, -0.1) is 0 Å². The third-order valence-corrected chi connectivity index (χ3v) is 1.97. The third-order valence-electron chi connectivity index (χ3n) is 1.97. The van der Waals surface area contributed by atoms with Crippen molar-refractivity contribution in [1.29, 1.82) is 0 Å². The van der Waals surface area contributed by atoms with Crippen LogP contribution in [0.2, 0.25) is 0 Å². The zero-order valence-electron chi connectivity index (χ0n) is 9.70. The van der Waals surface area contributed by atoms with E-state index in [0.717, 1.165) is 12.8 Å². The molecule has 0 aromatic carbocycles. The number of hydrogen-bond donors (Lipinski definition) is 2. The van der Waals surface area contributed by atoms with Crippen molar-refractivity contribution in [2.75, 3.05) is 26.2 Å². The number of urea groups is 1. The molecule has 2 amide bonds. The Labute approximate surface area is 92.0 Å². The maximum atomic E-state index is 11.6. The first kappa shape index (κ1) is 14.0. The molecule has 0 aliphatic rings. The lowest BCUT2D eigenvalue weighted by molar-refractivity contribution is 0.177. The van der Waals surface area contributed by atoms with Gasteiger partial charge in [-0.1, -0.05) is 19.1 Å². The van der Waals surface area contributed by atoms with Gasteiger partial charge >= 0.3 is 6.03 Å². The van der Waals surface area contributed by atoms with Crippen LogP contribution in [0.5, 0.6) is 0 Å². The van der Waals surface area contributed by atoms with Crippen molar-refractivity contribution in [3.63, 3.8) is 0 Å². The summed E-state index contributed by atoms with van der Waals surface area (Å²) in [6.45, 7) is 5.73. The van der Waals surface area contributed by atoms with Crippen molar-refractivity contribution in [3.8, 4) is 0 Å². The molecular weight excluding hydrogens is 192 g/mol. The van der Waals surface area contributed by atoms with E-state index < -0.39 is 0 Å². The molecule has 0 spiro atoms. The Morgan fingerprint density at radius 2 is 2.20 bits per heavy atom. The summed E-state index contributed by atoms with van der Waals surface area (Å²) in [4.78, 5) is 13.2.